The summed E-state index contributed by atoms with van der Waals surface area (Å²) in [6.07, 6.45) is 2.53. The Balaban J connectivity index is 1.73. The molecule has 0 bridgehead atoms. The molecule has 144 valence electrons. The average Bonchev–Trinajstić information content (AvgIpc) is 2.64. The Morgan fingerprint density at radius 3 is 2.44 bits per heavy atom. The summed E-state index contributed by atoms with van der Waals surface area (Å²) in [5.74, 6) is -0.201. The van der Waals surface area contributed by atoms with Crippen molar-refractivity contribution in [1.29, 1.82) is 0 Å². The van der Waals surface area contributed by atoms with Crippen LogP contribution in [-0.2, 0) is 14.8 Å². The molecule has 0 radical (unpaired) electrons. The van der Waals surface area contributed by atoms with Gasteiger partial charge in [-0.25, -0.2) is 8.42 Å². The number of carbonyl (C=O) groups is 1. The van der Waals surface area contributed by atoms with Crippen LogP contribution in [-0.4, -0.2) is 31.2 Å². The van der Waals surface area contributed by atoms with Gasteiger partial charge in [0, 0.05) is 29.7 Å². The summed E-state index contributed by atoms with van der Waals surface area (Å²) in [5, 5.41) is 3.41. The van der Waals surface area contributed by atoms with Crippen LogP contribution < -0.4 is 5.32 Å². The van der Waals surface area contributed by atoms with Crippen molar-refractivity contribution in [2.45, 2.75) is 43.5 Å². The van der Waals surface area contributed by atoms with Crippen LogP contribution >= 0.6 is 11.6 Å². The normalized spacial score (nSPS) is 18.2. The SMILES string of the molecule is Cc1ccc(S(=O)(=O)N2CCCC[C@H]2CC(=O)Nc2ccc(Cl)cc2)cc1. The second-order valence-electron chi connectivity index (χ2n) is 6.84. The fourth-order valence-corrected chi connectivity index (χ4v) is 5.12. The van der Waals surface area contributed by atoms with Crippen LogP contribution in [0.2, 0.25) is 5.02 Å². The molecule has 1 amide bonds. The quantitative estimate of drug-likeness (QED) is 0.808. The molecule has 1 saturated heterocycles. The fraction of sp³-hybridized carbons (Fsp3) is 0.350. The largest absolute Gasteiger partial charge is 0.326 e. The van der Waals surface area contributed by atoms with Gasteiger partial charge in [0.15, 0.2) is 0 Å². The van der Waals surface area contributed by atoms with E-state index in [0.717, 1.165) is 18.4 Å². The van der Waals surface area contributed by atoms with Crippen molar-refractivity contribution in [2.75, 3.05) is 11.9 Å². The van der Waals surface area contributed by atoms with Crippen molar-refractivity contribution in [3.63, 3.8) is 0 Å². The van der Waals surface area contributed by atoms with Gasteiger partial charge in [-0.2, -0.15) is 4.31 Å². The molecule has 5 nitrogen and oxygen atoms in total. The lowest BCUT2D eigenvalue weighted by Crippen LogP contribution is -2.45. The van der Waals surface area contributed by atoms with E-state index in [4.69, 9.17) is 11.6 Å². The first-order chi connectivity index (χ1) is 12.9. The second kappa shape index (κ2) is 8.42. The first kappa shape index (κ1) is 19.9. The molecule has 3 rings (SSSR count). The maximum Gasteiger partial charge on any atom is 0.243 e. The van der Waals surface area contributed by atoms with Gasteiger partial charge in [-0.05, 0) is 56.2 Å². The third-order valence-corrected chi connectivity index (χ3v) is 6.97. The van der Waals surface area contributed by atoms with Crippen LogP contribution in [0.25, 0.3) is 0 Å². The van der Waals surface area contributed by atoms with Crippen LogP contribution in [0.1, 0.15) is 31.2 Å². The minimum Gasteiger partial charge on any atom is -0.326 e. The van der Waals surface area contributed by atoms with Crippen molar-refractivity contribution in [1.82, 2.24) is 4.31 Å². The van der Waals surface area contributed by atoms with Crippen molar-refractivity contribution >= 4 is 33.2 Å². The highest BCUT2D eigenvalue weighted by Gasteiger charge is 2.34. The molecule has 0 aromatic heterocycles. The van der Waals surface area contributed by atoms with E-state index in [-0.39, 0.29) is 23.3 Å². The zero-order chi connectivity index (χ0) is 19.4. The first-order valence-electron chi connectivity index (χ1n) is 9.00. The van der Waals surface area contributed by atoms with E-state index in [1.54, 1.807) is 48.5 Å². The van der Waals surface area contributed by atoms with E-state index in [0.29, 0.717) is 23.7 Å². The Labute approximate surface area is 165 Å². The molecule has 1 atom stereocenters. The highest BCUT2D eigenvalue weighted by Crippen LogP contribution is 2.27. The molecule has 1 heterocycles. The van der Waals surface area contributed by atoms with Gasteiger partial charge in [0.1, 0.15) is 0 Å². The summed E-state index contributed by atoms with van der Waals surface area (Å²) in [4.78, 5) is 12.7. The van der Waals surface area contributed by atoms with Gasteiger partial charge in [0.25, 0.3) is 0 Å². The Morgan fingerprint density at radius 2 is 1.78 bits per heavy atom. The highest BCUT2D eigenvalue weighted by molar-refractivity contribution is 7.89. The molecule has 2 aromatic carbocycles. The van der Waals surface area contributed by atoms with Gasteiger partial charge in [-0.3, -0.25) is 4.79 Å². The summed E-state index contributed by atoms with van der Waals surface area (Å²) in [5.41, 5.74) is 1.65. The summed E-state index contributed by atoms with van der Waals surface area (Å²) < 4.78 is 27.6. The molecule has 27 heavy (non-hydrogen) atoms. The monoisotopic (exact) mass is 406 g/mol. The Hall–Kier alpha value is -1.89. The van der Waals surface area contributed by atoms with Crippen LogP contribution in [0.5, 0.6) is 0 Å². The third kappa shape index (κ3) is 4.89. The van der Waals surface area contributed by atoms with Gasteiger partial charge in [-0.1, -0.05) is 35.7 Å². The zero-order valence-electron chi connectivity index (χ0n) is 15.2. The minimum atomic E-state index is -3.62. The van der Waals surface area contributed by atoms with E-state index in [1.807, 2.05) is 6.92 Å². The number of carbonyl (C=O) groups excluding carboxylic acids is 1. The van der Waals surface area contributed by atoms with Crippen LogP contribution in [0, 0.1) is 6.92 Å². The number of rotatable bonds is 5. The molecule has 0 saturated carbocycles. The minimum absolute atomic E-state index is 0.133. The van der Waals surface area contributed by atoms with Gasteiger partial charge >= 0.3 is 0 Å². The lowest BCUT2D eigenvalue weighted by atomic mass is 10.0. The predicted molar refractivity (Wildman–Crippen MR) is 107 cm³/mol. The van der Waals surface area contributed by atoms with Crippen molar-refractivity contribution in [2.24, 2.45) is 0 Å². The molecule has 1 N–H and O–H groups in total. The lowest BCUT2D eigenvalue weighted by molar-refractivity contribution is -0.117. The van der Waals surface area contributed by atoms with Crippen molar-refractivity contribution in [3.05, 3.63) is 59.1 Å². The molecule has 0 spiro atoms. The van der Waals surface area contributed by atoms with Crippen molar-refractivity contribution < 1.29 is 13.2 Å². The number of anilines is 1. The number of hydrogen-bond acceptors (Lipinski definition) is 3. The molecule has 7 heteroatoms. The number of piperidine rings is 1. The molecule has 0 aliphatic carbocycles. The molecular weight excluding hydrogens is 384 g/mol. The number of benzene rings is 2. The highest BCUT2D eigenvalue weighted by atomic mass is 35.5. The molecule has 1 aliphatic heterocycles. The number of nitrogens with zero attached hydrogens (tertiary/aromatic N) is 1. The summed E-state index contributed by atoms with van der Waals surface area (Å²) >= 11 is 5.86. The summed E-state index contributed by atoms with van der Waals surface area (Å²) in [6, 6.07) is 13.4. The van der Waals surface area contributed by atoms with E-state index in [2.05, 4.69) is 5.32 Å². The Morgan fingerprint density at radius 1 is 1.11 bits per heavy atom. The molecule has 1 fully saturated rings. The van der Waals surface area contributed by atoms with Crippen LogP contribution in [0.4, 0.5) is 5.69 Å². The van der Waals surface area contributed by atoms with E-state index in [9.17, 15) is 13.2 Å². The van der Waals surface area contributed by atoms with Gasteiger partial charge in [0.05, 0.1) is 4.90 Å². The van der Waals surface area contributed by atoms with Crippen molar-refractivity contribution in [3.8, 4) is 0 Å². The maximum absolute atomic E-state index is 13.1. The first-order valence-corrected chi connectivity index (χ1v) is 10.8. The van der Waals surface area contributed by atoms with E-state index >= 15 is 0 Å². The second-order valence-corrected chi connectivity index (χ2v) is 9.16. The maximum atomic E-state index is 13.1. The lowest BCUT2D eigenvalue weighted by Gasteiger charge is -2.34. The summed E-state index contributed by atoms with van der Waals surface area (Å²) in [6.45, 7) is 2.36. The number of halogens is 1. The molecule has 1 aliphatic rings. The van der Waals surface area contributed by atoms with E-state index < -0.39 is 10.0 Å². The average molecular weight is 407 g/mol. The molecule has 0 unspecified atom stereocenters. The predicted octanol–water partition coefficient (Wildman–Crippen LogP) is 4.22. The number of hydrogen-bond donors (Lipinski definition) is 1. The third-order valence-electron chi connectivity index (χ3n) is 4.75. The number of aryl methyl sites for hydroxylation is 1. The summed E-state index contributed by atoms with van der Waals surface area (Å²) in [7, 11) is -3.62. The van der Waals surface area contributed by atoms with E-state index in [1.165, 1.54) is 4.31 Å². The Kier molecular flexibility index (Phi) is 6.19. The molecule has 2 aromatic rings. The zero-order valence-corrected chi connectivity index (χ0v) is 16.8. The standard InChI is InChI=1S/C20H23ClN2O3S/c1-15-5-11-19(12-6-15)27(25,26)23-13-3-2-4-18(23)14-20(24)22-17-9-7-16(21)8-10-17/h5-12,18H,2-4,13-14H2,1H3,(H,22,24)/t18-/m0/s1. The fourth-order valence-electron chi connectivity index (χ4n) is 3.30. The smallest absolute Gasteiger partial charge is 0.243 e. The topological polar surface area (TPSA) is 66.5 Å². The molecular formula is C20H23ClN2O3S. The van der Waals surface area contributed by atoms with Crippen LogP contribution in [0.15, 0.2) is 53.4 Å². The van der Waals surface area contributed by atoms with Crippen LogP contribution in [0.3, 0.4) is 0 Å². The van der Waals surface area contributed by atoms with Gasteiger partial charge < -0.3 is 5.32 Å². The van der Waals surface area contributed by atoms with Gasteiger partial charge in [0.2, 0.25) is 15.9 Å². The number of amides is 1. The number of nitrogens with one attached hydrogen (secondary N) is 1. The number of sulfonamides is 1. The van der Waals surface area contributed by atoms with Gasteiger partial charge in [-0.15, -0.1) is 0 Å². The Bertz CT molecular complexity index is 896.